The van der Waals surface area contributed by atoms with Gasteiger partial charge in [0.15, 0.2) is 5.82 Å². The molecular weight excluding hydrogens is 316 g/mol. The smallest absolute Gasteiger partial charge is 0.171 e. The lowest BCUT2D eigenvalue weighted by molar-refractivity contribution is 0.319. The zero-order chi connectivity index (χ0) is 17.4. The van der Waals surface area contributed by atoms with E-state index < -0.39 is 0 Å². The lowest BCUT2D eigenvalue weighted by atomic mass is 10.1. The van der Waals surface area contributed by atoms with Crippen molar-refractivity contribution in [3.63, 3.8) is 0 Å². The lowest BCUT2D eigenvalue weighted by Gasteiger charge is -2.05. The number of benzene rings is 1. The van der Waals surface area contributed by atoms with Gasteiger partial charge in [-0.25, -0.2) is 14.6 Å². The summed E-state index contributed by atoms with van der Waals surface area (Å²) in [4.78, 5) is 8.93. The fourth-order valence-corrected chi connectivity index (χ4v) is 2.72. The van der Waals surface area contributed by atoms with Crippen LogP contribution in [0.5, 0.6) is 0 Å². The van der Waals surface area contributed by atoms with Gasteiger partial charge in [0.05, 0.1) is 29.4 Å². The Bertz CT molecular complexity index is 1090. The van der Waals surface area contributed by atoms with Crippen LogP contribution in [-0.4, -0.2) is 35.2 Å². The van der Waals surface area contributed by atoms with Crippen LogP contribution in [0.1, 0.15) is 12.6 Å². The minimum absolute atomic E-state index is 0.474. The minimum atomic E-state index is 0.474. The third-order valence-corrected chi connectivity index (χ3v) is 4.04. The Morgan fingerprint density at radius 2 is 2.08 bits per heavy atom. The quantitative estimate of drug-likeness (QED) is 0.355. The minimum Gasteiger partial charge on any atom is -0.411 e. The molecule has 0 saturated heterocycles. The Hall–Kier alpha value is -3.48. The van der Waals surface area contributed by atoms with E-state index in [0.717, 1.165) is 28.0 Å². The van der Waals surface area contributed by atoms with E-state index in [9.17, 15) is 0 Å². The first kappa shape index (κ1) is 15.1. The molecule has 7 heteroatoms. The average molecular weight is 332 g/mol. The first-order valence-corrected chi connectivity index (χ1v) is 7.78. The fraction of sp³-hybridized carbons (Fsp3) is 0.111. The molecule has 4 rings (SSSR count). The summed E-state index contributed by atoms with van der Waals surface area (Å²) in [6, 6.07) is 11.7. The molecule has 0 aliphatic rings. The maximum atomic E-state index is 8.96. The summed E-state index contributed by atoms with van der Waals surface area (Å²) in [7, 11) is 1.92. The zero-order valence-electron chi connectivity index (χ0n) is 13.8. The Kier molecular flexibility index (Phi) is 3.53. The molecule has 0 radical (unpaired) electrons. The van der Waals surface area contributed by atoms with Crippen LogP contribution in [0.25, 0.3) is 28.0 Å². The van der Waals surface area contributed by atoms with Crippen molar-refractivity contribution in [2.24, 2.45) is 12.2 Å². The summed E-state index contributed by atoms with van der Waals surface area (Å²) in [5.74, 6) is 0.764. The van der Waals surface area contributed by atoms with E-state index >= 15 is 0 Å². The van der Waals surface area contributed by atoms with E-state index in [2.05, 4.69) is 20.2 Å². The summed E-state index contributed by atoms with van der Waals surface area (Å²) in [6.45, 7) is 1.71. The molecule has 0 aliphatic heterocycles. The van der Waals surface area contributed by atoms with Crippen LogP contribution in [0, 0.1) is 0 Å². The molecule has 1 aromatic carbocycles. The zero-order valence-corrected chi connectivity index (χ0v) is 13.8. The highest BCUT2D eigenvalue weighted by molar-refractivity contribution is 5.97. The molecule has 0 bridgehead atoms. The molecule has 0 fully saturated rings. The third-order valence-electron chi connectivity index (χ3n) is 4.04. The standard InChI is InChI=1S/C18H16N6O/c1-12(22-25)15-4-3-5-16(21-15)13-6-7-14-9-20-24(17(14)8-13)18-10-23(2)11-19-18/h3-11,25H,1-2H3/b22-12-. The summed E-state index contributed by atoms with van der Waals surface area (Å²) < 4.78 is 3.69. The van der Waals surface area contributed by atoms with E-state index in [4.69, 9.17) is 5.21 Å². The highest BCUT2D eigenvalue weighted by Gasteiger charge is 2.10. The number of hydrogen-bond donors (Lipinski definition) is 1. The van der Waals surface area contributed by atoms with Gasteiger partial charge in [0.1, 0.15) is 5.71 Å². The molecule has 124 valence electrons. The van der Waals surface area contributed by atoms with Crippen molar-refractivity contribution in [3.05, 3.63) is 60.8 Å². The van der Waals surface area contributed by atoms with Crippen LogP contribution >= 0.6 is 0 Å². The summed E-state index contributed by atoms with van der Waals surface area (Å²) >= 11 is 0. The van der Waals surface area contributed by atoms with Crippen LogP contribution in [-0.2, 0) is 7.05 Å². The van der Waals surface area contributed by atoms with Crippen LogP contribution in [0.15, 0.2) is 60.3 Å². The second-order valence-corrected chi connectivity index (χ2v) is 5.82. The Labute approximate surface area is 143 Å². The molecule has 0 saturated carbocycles. The molecule has 25 heavy (non-hydrogen) atoms. The predicted molar refractivity (Wildman–Crippen MR) is 95.1 cm³/mol. The monoisotopic (exact) mass is 332 g/mol. The Morgan fingerprint density at radius 1 is 1.20 bits per heavy atom. The summed E-state index contributed by atoms with van der Waals surface area (Å²) in [5.41, 5.74) is 3.82. The highest BCUT2D eigenvalue weighted by atomic mass is 16.4. The second kappa shape index (κ2) is 5.86. The van der Waals surface area contributed by atoms with E-state index in [-0.39, 0.29) is 0 Å². The molecule has 7 nitrogen and oxygen atoms in total. The molecule has 3 aromatic heterocycles. The molecule has 0 amide bonds. The average Bonchev–Trinajstić information content (AvgIpc) is 3.26. The number of nitrogens with zero attached hydrogens (tertiary/aromatic N) is 6. The first-order chi connectivity index (χ1) is 12.2. The van der Waals surface area contributed by atoms with Crippen LogP contribution in [0.3, 0.4) is 0 Å². The van der Waals surface area contributed by atoms with E-state index in [0.29, 0.717) is 11.4 Å². The summed E-state index contributed by atoms with van der Waals surface area (Å²) in [5, 5.41) is 17.6. The van der Waals surface area contributed by atoms with Gasteiger partial charge in [-0.3, -0.25) is 0 Å². The van der Waals surface area contributed by atoms with Crippen LogP contribution < -0.4 is 0 Å². The van der Waals surface area contributed by atoms with Crippen LogP contribution in [0.4, 0.5) is 0 Å². The van der Waals surface area contributed by atoms with Gasteiger partial charge in [-0.05, 0) is 25.1 Å². The van der Waals surface area contributed by atoms with E-state index in [1.165, 1.54) is 0 Å². The molecule has 4 aromatic rings. The first-order valence-electron chi connectivity index (χ1n) is 7.78. The number of aryl methyl sites for hydroxylation is 1. The molecule has 3 heterocycles. The van der Waals surface area contributed by atoms with Gasteiger partial charge in [0, 0.05) is 24.2 Å². The number of aromatic nitrogens is 5. The normalized spacial score (nSPS) is 12.0. The Morgan fingerprint density at radius 3 is 2.84 bits per heavy atom. The van der Waals surface area contributed by atoms with Crippen molar-refractivity contribution in [2.45, 2.75) is 6.92 Å². The fourth-order valence-electron chi connectivity index (χ4n) is 2.72. The lowest BCUT2D eigenvalue weighted by Crippen LogP contribution is -1.99. The van der Waals surface area contributed by atoms with Gasteiger partial charge < -0.3 is 9.77 Å². The van der Waals surface area contributed by atoms with Crippen molar-refractivity contribution >= 4 is 16.6 Å². The SMILES string of the molecule is C/C(=N/O)c1cccc(-c2ccc3cnn(-c4cn(C)cn4)c3c2)n1. The van der Waals surface area contributed by atoms with Crippen LogP contribution in [0.2, 0.25) is 0 Å². The molecular formula is C18H16N6O. The topological polar surface area (TPSA) is 81.1 Å². The molecule has 0 atom stereocenters. The maximum Gasteiger partial charge on any atom is 0.171 e. The number of oxime groups is 1. The van der Waals surface area contributed by atoms with Gasteiger partial charge in [0.25, 0.3) is 0 Å². The predicted octanol–water partition coefficient (Wildman–Crippen LogP) is 3.02. The number of hydrogen-bond acceptors (Lipinski definition) is 5. The number of rotatable bonds is 3. The van der Waals surface area contributed by atoms with Gasteiger partial charge >= 0.3 is 0 Å². The van der Waals surface area contributed by atoms with Gasteiger partial charge in [-0.2, -0.15) is 5.10 Å². The molecule has 1 N–H and O–H groups in total. The molecule has 0 spiro atoms. The van der Waals surface area contributed by atoms with Crippen molar-refractivity contribution in [1.82, 2.24) is 24.3 Å². The Balaban J connectivity index is 1.84. The van der Waals surface area contributed by atoms with Crippen molar-refractivity contribution in [2.75, 3.05) is 0 Å². The summed E-state index contributed by atoms with van der Waals surface area (Å²) in [6.07, 6.45) is 5.48. The third kappa shape index (κ3) is 2.65. The van der Waals surface area contributed by atoms with Crippen molar-refractivity contribution < 1.29 is 5.21 Å². The number of fused-ring (bicyclic) bond motifs is 1. The highest BCUT2D eigenvalue weighted by Crippen LogP contribution is 2.25. The second-order valence-electron chi connectivity index (χ2n) is 5.82. The van der Waals surface area contributed by atoms with E-state index in [1.54, 1.807) is 13.3 Å². The van der Waals surface area contributed by atoms with Crippen molar-refractivity contribution in [1.29, 1.82) is 0 Å². The van der Waals surface area contributed by atoms with Gasteiger partial charge in [0.2, 0.25) is 0 Å². The molecule has 0 aliphatic carbocycles. The number of pyridine rings is 1. The van der Waals surface area contributed by atoms with E-state index in [1.807, 2.05) is 65.1 Å². The largest absolute Gasteiger partial charge is 0.411 e. The number of imidazole rings is 1. The van der Waals surface area contributed by atoms with Gasteiger partial charge in [-0.1, -0.05) is 23.4 Å². The van der Waals surface area contributed by atoms with Crippen molar-refractivity contribution in [3.8, 4) is 17.1 Å². The molecule has 0 unspecified atom stereocenters. The van der Waals surface area contributed by atoms with Gasteiger partial charge in [-0.15, -0.1) is 0 Å². The maximum absolute atomic E-state index is 8.96.